The number of allylic oxidation sites excluding steroid dienone is 1. The molecular weight excluding hydrogens is 388 g/mol. The largest absolute Gasteiger partial charge is 0.390 e. The van der Waals surface area contributed by atoms with E-state index in [4.69, 9.17) is 16.3 Å². The van der Waals surface area contributed by atoms with Crippen LogP contribution in [0.1, 0.15) is 48.2 Å². The fourth-order valence-electron chi connectivity index (χ4n) is 3.63. The van der Waals surface area contributed by atoms with Gasteiger partial charge >= 0.3 is 0 Å². The van der Waals surface area contributed by atoms with E-state index in [9.17, 15) is 18.7 Å². The number of hydrogen-bond donors (Lipinski definition) is 1. The van der Waals surface area contributed by atoms with Crippen LogP contribution in [0.2, 0.25) is 5.02 Å². The average molecular weight is 412 g/mol. The van der Waals surface area contributed by atoms with Gasteiger partial charge in [-0.3, -0.25) is 4.79 Å². The average Bonchev–Trinajstić information content (AvgIpc) is 3.03. The van der Waals surface area contributed by atoms with Crippen LogP contribution in [0, 0.1) is 0 Å². The van der Waals surface area contributed by atoms with Gasteiger partial charge < -0.3 is 14.2 Å². The lowest BCUT2D eigenvalue weighted by atomic mass is 9.80. The fraction of sp³-hybridized carbons (Fsp3) is 0.476. The maximum Gasteiger partial charge on any atom is 0.248 e. The summed E-state index contributed by atoms with van der Waals surface area (Å²) in [6, 6.07) is 5.33. The molecule has 3 rings (SSSR count). The Labute approximate surface area is 167 Å². The number of carbonyl (C=O) groups excluding carboxylic acids is 1. The lowest BCUT2D eigenvalue weighted by molar-refractivity contribution is -0.102. The summed E-state index contributed by atoms with van der Waals surface area (Å²) in [5, 5.41) is 10.9. The third-order valence-corrected chi connectivity index (χ3v) is 5.63. The van der Waals surface area contributed by atoms with Gasteiger partial charge in [0.25, 0.3) is 0 Å². The number of nitrogens with zero attached hydrogens (tertiary/aromatic N) is 1. The second-order valence-corrected chi connectivity index (χ2v) is 7.83. The van der Waals surface area contributed by atoms with Gasteiger partial charge in [-0.2, -0.15) is 0 Å². The number of fused-ring (bicyclic) bond motifs is 1. The Bertz CT molecular complexity index is 881. The predicted octanol–water partition coefficient (Wildman–Crippen LogP) is 4.85. The predicted molar refractivity (Wildman–Crippen MR) is 104 cm³/mol. The van der Waals surface area contributed by atoms with Crippen LogP contribution in [0.4, 0.5) is 8.78 Å². The molecule has 1 aliphatic rings. The first-order chi connectivity index (χ1) is 13.2. The molecule has 1 saturated carbocycles. The monoisotopic (exact) mass is 411 g/mol. The Balaban J connectivity index is 1.77. The Morgan fingerprint density at radius 1 is 1.36 bits per heavy atom. The van der Waals surface area contributed by atoms with E-state index in [-0.39, 0.29) is 37.9 Å². The van der Waals surface area contributed by atoms with Crippen LogP contribution < -0.4 is 0 Å². The summed E-state index contributed by atoms with van der Waals surface area (Å²) >= 11 is 6.32. The van der Waals surface area contributed by atoms with E-state index in [0.717, 1.165) is 5.69 Å². The number of hydrogen-bond acceptors (Lipinski definition) is 3. The minimum absolute atomic E-state index is 0.0285. The van der Waals surface area contributed by atoms with Crippen molar-refractivity contribution in [3.63, 3.8) is 0 Å². The number of aromatic nitrogens is 1. The Hall–Kier alpha value is -1.76. The number of rotatable bonds is 7. The molecule has 7 heteroatoms. The normalized spacial score (nSPS) is 18.8. The number of carbonyl (C=O) groups is 1. The highest BCUT2D eigenvalue weighted by Gasteiger charge is 2.41. The summed E-state index contributed by atoms with van der Waals surface area (Å²) in [5.41, 5.74) is 0.822. The minimum atomic E-state index is -2.70. The van der Waals surface area contributed by atoms with Crippen molar-refractivity contribution in [2.75, 3.05) is 13.7 Å². The molecule has 1 aliphatic carbocycles. The maximum atomic E-state index is 13.3. The molecule has 0 radical (unpaired) electrons. The number of ether oxygens (including phenoxy) is 1. The van der Waals surface area contributed by atoms with Crippen LogP contribution in [0.3, 0.4) is 0 Å². The molecule has 0 amide bonds. The molecule has 28 heavy (non-hydrogen) atoms. The van der Waals surface area contributed by atoms with Crippen LogP contribution in [-0.4, -0.2) is 40.5 Å². The highest BCUT2D eigenvalue weighted by atomic mass is 35.5. The zero-order valence-electron chi connectivity index (χ0n) is 15.8. The van der Waals surface area contributed by atoms with E-state index in [1.165, 1.54) is 6.08 Å². The van der Waals surface area contributed by atoms with Gasteiger partial charge in [0.15, 0.2) is 5.78 Å². The molecule has 2 aromatic rings. The van der Waals surface area contributed by atoms with Crippen molar-refractivity contribution < 1.29 is 23.4 Å². The zero-order valence-corrected chi connectivity index (χ0v) is 16.5. The molecule has 152 valence electrons. The van der Waals surface area contributed by atoms with Gasteiger partial charge in [0.1, 0.15) is 0 Å². The van der Waals surface area contributed by atoms with Crippen molar-refractivity contribution in [3.8, 4) is 0 Å². The van der Waals surface area contributed by atoms with E-state index in [1.54, 1.807) is 25.3 Å². The van der Waals surface area contributed by atoms with E-state index < -0.39 is 11.5 Å². The SMILES string of the molecule is COCCc1cc(C(=O)/C=C/CC2(O)CCC(F)(F)CC2)c2c(Cl)cccn12. The Morgan fingerprint density at radius 3 is 2.75 bits per heavy atom. The molecule has 2 heterocycles. The molecule has 0 spiro atoms. The van der Waals surface area contributed by atoms with E-state index in [2.05, 4.69) is 0 Å². The van der Waals surface area contributed by atoms with Gasteiger partial charge in [-0.1, -0.05) is 17.7 Å². The molecule has 0 unspecified atom stereocenters. The summed E-state index contributed by atoms with van der Waals surface area (Å²) in [4.78, 5) is 12.8. The lowest BCUT2D eigenvalue weighted by Crippen LogP contribution is -2.38. The molecular formula is C21H24ClF2NO3. The van der Waals surface area contributed by atoms with E-state index >= 15 is 0 Å². The Morgan fingerprint density at radius 2 is 2.07 bits per heavy atom. The highest BCUT2D eigenvalue weighted by Crippen LogP contribution is 2.40. The quantitative estimate of drug-likeness (QED) is 0.523. The fourth-order valence-corrected chi connectivity index (χ4v) is 3.90. The smallest absolute Gasteiger partial charge is 0.248 e. The van der Waals surface area contributed by atoms with Crippen molar-refractivity contribution in [2.45, 2.75) is 50.0 Å². The summed E-state index contributed by atoms with van der Waals surface area (Å²) in [6.07, 6.45) is 5.01. The molecule has 4 nitrogen and oxygen atoms in total. The lowest BCUT2D eigenvalue weighted by Gasteiger charge is -2.35. The van der Waals surface area contributed by atoms with Crippen LogP contribution in [-0.2, 0) is 11.2 Å². The van der Waals surface area contributed by atoms with Crippen molar-refractivity contribution in [1.29, 1.82) is 0 Å². The van der Waals surface area contributed by atoms with Crippen LogP contribution in [0.15, 0.2) is 36.5 Å². The summed E-state index contributed by atoms with van der Waals surface area (Å²) in [6.45, 7) is 0.514. The highest BCUT2D eigenvalue weighted by molar-refractivity contribution is 6.35. The number of methoxy groups -OCH3 is 1. The molecule has 0 atom stereocenters. The molecule has 1 fully saturated rings. The van der Waals surface area contributed by atoms with Crippen molar-refractivity contribution >= 4 is 22.9 Å². The van der Waals surface area contributed by atoms with Gasteiger partial charge in [-0.05, 0) is 43.5 Å². The second kappa shape index (κ2) is 8.31. The van der Waals surface area contributed by atoms with Gasteiger partial charge in [0.2, 0.25) is 5.92 Å². The molecule has 0 aliphatic heterocycles. The molecule has 0 saturated heterocycles. The van der Waals surface area contributed by atoms with Crippen LogP contribution in [0.25, 0.3) is 5.52 Å². The number of halogens is 3. The molecule has 0 bridgehead atoms. The van der Waals surface area contributed by atoms with Gasteiger partial charge in [-0.15, -0.1) is 0 Å². The third-order valence-electron chi connectivity index (χ3n) is 5.33. The minimum Gasteiger partial charge on any atom is -0.390 e. The first kappa shape index (κ1) is 21.0. The van der Waals surface area contributed by atoms with Crippen molar-refractivity contribution in [1.82, 2.24) is 4.40 Å². The summed E-state index contributed by atoms with van der Waals surface area (Å²) in [5.74, 6) is -2.94. The first-order valence-corrected chi connectivity index (χ1v) is 9.71. The van der Waals surface area contributed by atoms with Gasteiger partial charge in [0.05, 0.1) is 22.7 Å². The van der Waals surface area contributed by atoms with E-state index in [1.807, 2.05) is 16.7 Å². The molecule has 1 N–H and O–H groups in total. The molecule has 0 aromatic carbocycles. The summed E-state index contributed by atoms with van der Waals surface area (Å²) < 4.78 is 33.6. The van der Waals surface area contributed by atoms with Crippen LogP contribution >= 0.6 is 11.6 Å². The first-order valence-electron chi connectivity index (χ1n) is 9.33. The van der Waals surface area contributed by atoms with Crippen LogP contribution in [0.5, 0.6) is 0 Å². The topological polar surface area (TPSA) is 50.9 Å². The van der Waals surface area contributed by atoms with Gasteiger partial charge in [0, 0.05) is 43.8 Å². The Kier molecular flexibility index (Phi) is 6.22. The van der Waals surface area contributed by atoms with Crippen molar-refractivity contribution in [2.24, 2.45) is 0 Å². The number of aliphatic hydroxyl groups is 1. The third kappa shape index (κ3) is 4.62. The molecule has 2 aromatic heterocycles. The van der Waals surface area contributed by atoms with E-state index in [0.29, 0.717) is 29.1 Å². The number of ketones is 1. The maximum absolute atomic E-state index is 13.3. The van der Waals surface area contributed by atoms with Crippen molar-refractivity contribution in [3.05, 3.63) is 52.8 Å². The standard InChI is InChI=1S/C21H24ClF2NO3/c1-28-13-6-15-14-16(19-17(22)4-3-12-25(15)19)18(26)5-2-7-20(27)8-10-21(23,24)11-9-20/h2-5,12,14,27H,6-11,13H2,1H3/b5-2+. The zero-order chi connectivity index (χ0) is 20.4. The number of pyridine rings is 1. The summed E-state index contributed by atoms with van der Waals surface area (Å²) in [7, 11) is 1.61. The van der Waals surface area contributed by atoms with Gasteiger partial charge in [-0.25, -0.2) is 8.78 Å². The number of alkyl halides is 2. The second-order valence-electron chi connectivity index (χ2n) is 7.42.